The zero-order chi connectivity index (χ0) is 16.6. The van der Waals surface area contributed by atoms with Crippen molar-refractivity contribution in [3.05, 3.63) is 63.3 Å². The first-order chi connectivity index (χ1) is 11.0. The Morgan fingerprint density at radius 3 is 2.57 bits per heavy atom. The average molecular weight is 348 g/mol. The molecule has 0 fully saturated rings. The first-order valence-electron chi connectivity index (χ1n) is 7.17. The fourth-order valence-corrected chi connectivity index (χ4v) is 3.22. The van der Waals surface area contributed by atoms with Gasteiger partial charge in [0.1, 0.15) is 5.58 Å². The van der Waals surface area contributed by atoms with Crippen LogP contribution in [0.3, 0.4) is 0 Å². The molecule has 0 radical (unpaired) electrons. The highest BCUT2D eigenvalue weighted by atomic mass is 35.5. The van der Waals surface area contributed by atoms with Gasteiger partial charge in [0.2, 0.25) is 5.91 Å². The average Bonchev–Trinajstić information content (AvgIpc) is 2.86. The van der Waals surface area contributed by atoms with Gasteiger partial charge in [0.05, 0.1) is 28.4 Å². The van der Waals surface area contributed by atoms with E-state index >= 15 is 0 Å². The van der Waals surface area contributed by atoms with E-state index in [1.807, 2.05) is 19.9 Å². The van der Waals surface area contributed by atoms with Crippen LogP contribution in [0.15, 0.2) is 41.0 Å². The standard InChI is InChI=1S/C18H15Cl2NO2/c1-10-6-11(2)17-12(9-23-15(17)7-10)8-16(22)21-18-13(19)4-3-5-14(18)20/h3-7,9H,8H2,1-2H3,(H,21,22). The second-order valence-corrected chi connectivity index (χ2v) is 6.35. The number of carbonyl (C=O) groups is 1. The van der Waals surface area contributed by atoms with Gasteiger partial charge in [-0.15, -0.1) is 0 Å². The largest absolute Gasteiger partial charge is 0.464 e. The fraction of sp³-hybridized carbons (Fsp3) is 0.167. The van der Waals surface area contributed by atoms with Gasteiger partial charge in [0, 0.05) is 10.9 Å². The van der Waals surface area contributed by atoms with Crippen LogP contribution in [-0.2, 0) is 11.2 Å². The molecule has 3 rings (SSSR count). The van der Waals surface area contributed by atoms with E-state index in [9.17, 15) is 4.79 Å². The third kappa shape index (κ3) is 3.21. The maximum absolute atomic E-state index is 12.3. The number of benzene rings is 2. The molecule has 3 aromatic rings. The Morgan fingerprint density at radius 1 is 1.17 bits per heavy atom. The number of fused-ring (bicyclic) bond motifs is 1. The van der Waals surface area contributed by atoms with Crippen LogP contribution >= 0.6 is 23.2 Å². The van der Waals surface area contributed by atoms with Gasteiger partial charge in [-0.1, -0.05) is 35.3 Å². The molecule has 0 aliphatic heterocycles. The van der Waals surface area contributed by atoms with E-state index in [1.165, 1.54) is 0 Å². The van der Waals surface area contributed by atoms with E-state index in [-0.39, 0.29) is 12.3 Å². The van der Waals surface area contributed by atoms with E-state index in [4.69, 9.17) is 27.6 Å². The Kier molecular flexibility index (Phi) is 4.33. The summed E-state index contributed by atoms with van der Waals surface area (Å²) in [6.45, 7) is 4.03. The lowest BCUT2D eigenvalue weighted by Gasteiger charge is -2.09. The van der Waals surface area contributed by atoms with Gasteiger partial charge in [0.25, 0.3) is 0 Å². The smallest absolute Gasteiger partial charge is 0.229 e. The van der Waals surface area contributed by atoms with E-state index in [2.05, 4.69) is 11.4 Å². The molecule has 23 heavy (non-hydrogen) atoms. The first-order valence-corrected chi connectivity index (χ1v) is 7.92. The predicted molar refractivity (Wildman–Crippen MR) is 94.5 cm³/mol. The highest BCUT2D eigenvalue weighted by Crippen LogP contribution is 2.31. The van der Waals surface area contributed by atoms with Crippen molar-refractivity contribution in [3.8, 4) is 0 Å². The number of hydrogen-bond acceptors (Lipinski definition) is 2. The van der Waals surface area contributed by atoms with Crippen molar-refractivity contribution in [3.63, 3.8) is 0 Å². The van der Waals surface area contributed by atoms with Gasteiger partial charge in [0.15, 0.2) is 0 Å². The fourth-order valence-electron chi connectivity index (χ4n) is 2.73. The van der Waals surface area contributed by atoms with Crippen LogP contribution in [0.1, 0.15) is 16.7 Å². The third-order valence-corrected chi connectivity index (χ3v) is 4.30. The van der Waals surface area contributed by atoms with Crippen LogP contribution in [0, 0.1) is 13.8 Å². The van der Waals surface area contributed by atoms with Crippen molar-refractivity contribution in [1.29, 1.82) is 0 Å². The maximum atomic E-state index is 12.3. The van der Waals surface area contributed by atoms with Crippen LogP contribution < -0.4 is 5.32 Å². The highest BCUT2D eigenvalue weighted by molar-refractivity contribution is 6.39. The van der Waals surface area contributed by atoms with Crippen molar-refractivity contribution >= 4 is 45.8 Å². The van der Waals surface area contributed by atoms with Crippen LogP contribution in [0.25, 0.3) is 11.0 Å². The van der Waals surface area contributed by atoms with Crippen LogP contribution in [-0.4, -0.2) is 5.91 Å². The van der Waals surface area contributed by atoms with Gasteiger partial charge >= 0.3 is 0 Å². The Hall–Kier alpha value is -1.97. The summed E-state index contributed by atoms with van der Waals surface area (Å²) in [7, 11) is 0. The quantitative estimate of drug-likeness (QED) is 0.675. The lowest BCUT2D eigenvalue weighted by atomic mass is 10.0. The summed E-state index contributed by atoms with van der Waals surface area (Å²) < 4.78 is 5.58. The number of carbonyl (C=O) groups excluding carboxylic acids is 1. The molecular formula is C18H15Cl2NO2. The van der Waals surface area contributed by atoms with Crippen molar-refractivity contribution in [1.82, 2.24) is 0 Å². The van der Waals surface area contributed by atoms with E-state index in [0.717, 1.165) is 27.7 Å². The van der Waals surface area contributed by atoms with E-state index in [0.29, 0.717) is 15.7 Å². The number of halogens is 2. The predicted octanol–water partition coefficient (Wildman–Crippen LogP) is 5.54. The van der Waals surface area contributed by atoms with Gasteiger partial charge in [-0.05, 0) is 43.2 Å². The molecule has 5 heteroatoms. The molecule has 118 valence electrons. The Balaban J connectivity index is 1.86. The number of furan rings is 1. The molecule has 0 saturated carbocycles. The molecule has 0 unspecified atom stereocenters. The molecule has 0 aliphatic carbocycles. The summed E-state index contributed by atoms with van der Waals surface area (Å²) in [4.78, 5) is 12.3. The van der Waals surface area contributed by atoms with Gasteiger partial charge < -0.3 is 9.73 Å². The molecule has 1 amide bonds. The molecule has 3 nitrogen and oxygen atoms in total. The summed E-state index contributed by atoms with van der Waals surface area (Å²) in [5, 5.41) is 4.57. The zero-order valence-electron chi connectivity index (χ0n) is 12.7. The SMILES string of the molecule is Cc1cc(C)c2c(CC(=O)Nc3c(Cl)cccc3Cl)coc2c1. The minimum Gasteiger partial charge on any atom is -0.464 e. The Morgan fingerprint density at radius 2 is 1.87 bits per heavy atom. The lowest BCUT2D eigenvalue weighted by molar-refractivity contribution is -0.115. The third-order valence-electron chi connectivity index (χ3n) is 3.67. The number of anilines is 1. The van der Waals surface area contributed by atoms with E-state index in [1.54, 1.807) is 24.5 Å². The van der Waals surface area contributed by atoms with Crippen molar-refractivity contribution < 1.29 is 9.21 Å². The number of aryl methyl sites for hydroxylation is 2. The maximum Gasteiger partial charge on any atom is 0.229 e. The number of para-hydroxylation sites is 1. The summed E-state index contributed by atoms with van der Waals surface area (Å²) in [6, 6.07) is 9.14. The van der Waals surface area contributed by atoms with Gasteiger partial charge in [-0.25, -0.2) is 0 Å². The normalized spacial score (nSPS) is 11.0. The van der Waals surface area contributed by atoms with Gasteiger partial charge in [-0.2, -0.15) is 0 Å². The molecule has 0 bridgehead atoms. The van der Waals surface area contributed by atoms with Gasteiger partial charge in [-0.3, -0.25) is 4.79 Å². The number of rotatable bonds is 3. The Labute approximate surface area is 144 Å². The number of nitrogens with one attached hydrogen (secondary N) is 1. The molecule has 1 heterocycles. The van der Waals surface area contributed by atoms with Crippen molar-refractivity contribution in [2.24, 2.45) is 0 Å². The minimum atomic E-state index is -0.192. The molecule has 0 aliphatic rings. The second kappa shape index (κ2) is 6.26. The van der Waals surface area contributed by atoms with Crippen molar-refractivity contribution in [2.75, 3.05) is 5.32 Å². The number of hydrogen-bond donors (Lipinski definition) is 1. The van der Waals surface area contributed by atoms with Crippen LogP contribution in [0.2, 0.25) is 10.0 Å². The first kappa shape index (κ1) is 15.9. The zero-order valence-corrected chi connectivity index (χ0v) is 14.3. The Bertz CT molecular complexity index is 879. The summed E-state index contributed by atoms with van der Waals surface area (Å²) in [5.74, 6) is -0.192. The summed E-state index contributed by atoms with van der Waals surface area (Å²) >= 11 is 12.2. The highest BCUT2D eigenvalue weighted by Gasteiger charge is 2.15. The van der Waals surface area contributed by atoms with Crippen LogP contribution in [0.5, 0.6) is 0 Å². The molecule has 0 atom stereocenters. The van der Waals surface area contributed by atoms with E-state index < -0.39 is 0 Å². The lowest BCUT2D eigenvalue weighted by Crippen LogP contribution is -2.15. The number of amides is 1. The topological polar surface area (TPSA) is 42.2 Å². The molecule has 1 aromatic heterocycles. The summed E-state index contributed by atoms with van der Waals surface area (Å²) in [5.41, 5.74) is 4.29. The minimum absolute atomic E-state index is 0.192. The van der Waals surface area contributed by atoms with Crippen molar-refractivity contribution in [2.45, 2.75) is 20.3 Å². The monoisotopic (exact) mass is 347 g/mol. The molecular weight excluding hydrogens is 333 g/mol. The molecule has 0 saturated heterocycles. The second-order valence-electron chi connectivity index (χ2n) is 5.54. The molecule has 2 aromatic carbocycles. The summed E-state index contributed by atoms with van der Waals surface area (Å²) in [6.07, 6.45) is 1.82. The van der Waals surface area contributed by atoms with Crippen LogP contribution in [0.4, 0.5) is 5.69 Å². The molecule has 0 spiro atoms. The molecule has 1 N–H and O–H groups in total.